The van der Waals surface area contributed by atoms with Crippen molar-refractivity contribution in [1.29, 1.82) is 0 Å². The van der Waals surface area contributed by atoms with Crippen molar-refractivity contribution in [2.24, 2.45) is 0 Å². The van der Waals surface area contributed by atoms with Crippen LogP contribution in [-0.4, -0.2) is 53.3 Å². The molecule has 1 aromatic heterocycles. The Morgan fingerprint density at radius 2 is 2.19 bits per heavy atom. The van der Waals surface area contributed by atoms with Crippen LogP contribution in [0.5, 0.6) is 0 Å². The number of fused-ring (bicyclic) bond motifs is 2. The van der Waals surface area contributed by atoms with E-state index in [4.69, 9.17) is 0 Å². The standard InChI is InChI=1S/C19H19N3O3S2/c1-26-10-16(23)20-15-4-6-22-17(15)18(24)21-14-3-2-11(8-13(14)19(22)25)12-5-7-27-9-12/h2-3,5,7-9,15,17H,4,6,10H2,1H3,(H,20,23)(H,21,24)/t15-,17+/m1/s1. The van der Waals surface area contributed by atoms with Crippen LogP contribution in [0.3, 0.4) is 0 Å². The van der Waals surface area contributed by atoms with Gasteiger partial charge in [0, 0.05) is 6.54 Å². The predicted molar refractivity (Wildman–Crippen MR) is 108 cm³/mol. The molecule has 1 saturated heterocycles. The zero-order valence-electron chi connectivity index (χ0n) is 14.7. The van der Waals surface area contributed by atoms with Gasteiger partial charge in [-0.2, -0.15) is 23.1 Å². The highest BCUT2D eigenvalue weighted by atomic mass is 32.2. The van der Waals surface area contributed by atoms with Crippen LogP contribution in [0.1, 0.15) is 16.8 Å². The molecule has 27 heavy (non-hydrogen) atoms. The van der Waals surface area contributed by atoms with Gasteiger partial charge < -0.3 is 15.5 Å². The fourth-order valence-corrected chi connectivity index (χ4v) is 4.69. The van der Waals surface area contributed by atoms with Crippen LogP contribution < -0.4 is 10.6 Å². The summed E-state index contributed by atoms with van der Waals surface area (Å²) >= 11 is 3.02. The van der Waals surface area contributed by atoms with E-state index >= 15 is 0 Å². The van der Waals surface area contributed by atoms with Crippen LogP contribution in [-0.2, 0) is 9.59 Å². The normalized spacial score (nSPS) is 21.3. The van der Waals surface area contributed by atoms with E-state index in [0.717, 1.165) is 11.1 Å². The molecular weight excluding hydrogens is 382 g/mol. The van der Waals surface area contributed by atoms with E-state index in [1.807, 2.05) is 35.2 Å². The number of hydrogen-bond donors (Lipinski definition) is 2. The van der Waals surface area contributed by atoms with E-state index in [-0.39, 0.29) is 23.8 Å². The van der Waals surface area contributed by atoms with Crippen LogP contribution in [0.25, 0.3) is 11.1 Å². The Morgan fingerprint density at radius 3 is 2.93 bits per heavy atom. The molecule has 2 aromatic rings. The molecule has 4 rings (SSSR count). The average molecular weight is 402 g/mol. The highest BCUT2D eigenvalue weighted by molar-refractivity contribution is 7.99. The number of nitrogens with one attached hydrogen (secondary N) is 2. The van der Waals surface area contributed by atoms with Crippen molar-refractivity contribution >= 4 is 46.5 Å². The Bertz CT molecular complexity index is 898. The number of thiophene rings is 1. The minimum Gasteiger partial charge on any atom is -0.350 e. The van der Waals surface area contributed by atoms with E-state index in [1.54, 1.807) is 22.3 Å². The Morgan fingerprint density at radius 1 is 1.33 bits per heavy atom. The monoisotopic (exact) mass is 401 g/mol. The summed E-state index contributed by atoms with van der Waals surface area (Å²) in [4.78, 5) is 39.5. The van der Waals surface area contributed by atoms with Crippen LogP contribution in [0, 0.1) is 0 Å². The lowest BCUT2D eigenvalue weighted by Gasteiger charge is -2.24. The first-order valence-corrected chi connectivity index (χ1v) is 11.0. The number of hydrogen-bond acceptors (Lipinski definition) is 5. The van der Waals surface area contributed by atoms with Gasteiger partial charge in [-0.05, 0) is 52.8 Å². The van der Waals surface area contributed by atoms with Crippen LogP contribution in [0.4, 0.5) is 5.69 Å². The van der Waals surface area contributed by atoms with E-state index in [0.29, 0.717) is 30.0 Å². The first-order chi connectivity index (χ1) is 13.1. The summed E-state index contributed by atoms with van der Waals surface area (Å²) in [6.07, 6.45) is 2.42. The number of carbonyl (C=O) groups excluding carboxylic acids is 3. The fraction of sp³-hybridized carbons (Fsp3) is 0.316. The number of amides is 3. The summed E-state index contributed by atoms with van der Waals surface area (Å²) < 4.78 is 0. The zero-order chi connectivity index (χ0) is 19.0. The minimum atomic E-state index is -0.680. The van der Waals surface area contributed by atoms with Gasteiger partial charge in [0.05, 0.1) is 23.0 Å². The maximum absolute atomic E-state index is 13.2. The second-order valence-electron chi connectivity index (χ2n) is 6.60. The number of anilines is 1. The molecule has 1 fully saturated rings. The molecule has 2 N–H and O–H groups in total. The van der Waals surface area contributed by atoms with Crippen molar-refractivity contribution in [3.8, 4) is 11.1 Å². The Kier molecular flexibility index (Phi) is 4.92. The van der Waals surface area contributed by atoms with Crippen LogP contribution >= 0.6 is 23.1 Å². The third-order valence-corrected chi connectivity index (χ3v) is 6.15. The number of carbonyl (C=O) groups is 3. The molecule has 0 bridgehead atoms. The van der Waals surface area contributed by atoms with E-state index in [1.165, 1.54) is 11.8 Å². The smallest absolute Gasteiger partial charge is 0.256 e. The van der Waals surface area contributed by atoms with Crippen molar-refractivity contribution in [3.05, 3.63) is 40.6 Å². The third kappa shape index (κ3) is 3.35. The Balaban J connectivity index is 1.64. The molecule has 2 aliphatic rings. The number of benzene rings is 1. The fourth-order valence-electron chi connectivity index (χ4n) is 3.67. The molecule has 2 atom stereocenters. The summed E-state index contributed by atoms with van der Waals surface area (Å²) in [6, 6.07) is 6.48. The molecule has 8 heteroatoms. The summed E-state index contributed by atoms with van der Waals surface area (Å²) in [6.45, 7) is 0.448. The molecule has 0 unspecified atom stereocenters. The molecule has 0 spiro atoms. The predicted octanol–water partition coefficient (Wildman–Crippen LogP) is 2.43. The largest absolute Gasteiger partial charge is 0.350 e. The highest BCUT2D eigenvalue weighted by Gasteiger charge is 2.45. The lowest BCUT2D eigenvalue weighted by atomic mass is 10.0. The third-order valence-electron chi connectivity index (χ3n) is 4.91. The molecule has 3 amide bonds. The topological polar surface area (TPSA) is 78.5 Å². The van der Waals surface area contributed by atoms with Gasteiger partial charge in [0.2, 0.25) is 11.8 Å². The van der Waals surface area contributed by atoms with Crippen molar-refractivity contribution in [1.82, 2.24) is 10.2 Å². The quantitative estimate of drug-likeness (QED) is 0.825. The van der Waals surface area contributed by atoms with Gasteiger partial charge in [-0.15, -0.1) is 0 Å². The minimum absolute atomic E-state index is 0.115. The maximum atomic E-state index is 13.2. The van der Waals surface area contributed by atoms with Crippen molar-refractivity contribution < 1.29 is 14.4 Å². The van der Waals surface area contributed by atoms with E-state index in [9.17, 15) is 14.4 Å². The van der Waals surface area contributed by atoms with Gasteiger partial charge in [0.25, 0.3) is 5.91 Å². The maximum Gasteiger partial charge on any atom is 0.256 e. The van der Waals surface area contributed by atoms with E-state index in [2.05, 4.69) is 10.6 Å². The number of rotatable bonds is 4. The lowest BCUT2D eigenvalue weighted by Crippen LogP contribution is -2.51. The summed E-state index contributed by atoms with van der Waals surface area (Å²) in [7, 11) is 0. The highest BCUT2D eigenvalue weighted by Crippen LogP contribution is 2.32. The van der Waals surface area contributed by atoms with Crippen molar-refractivity contribution in [2.75, 3.05) is 23.9 Å². The first-order valence-electron chi connectivity index (χ1n) is 8.65. The van der Waals surface area contributed by atoms with Crippen LogP contribution in [0.2, 0.25) is 0 Å². The molecule has 3 heterocycles. The number of thioether (sulfide) groups is 1. The SMILES string of the molecule is CSCC(=O)N[C@@H]1CCN2C(=O)c3cc(-c4ccsc4)ccc3NC(=O)[C@H]12. The van der Waals surface area contributed by atoms with Crippen molar-refractivity contribution in [3.63, 3.8) is 0 Å². The second-order valence-corrected chi connectivity index (χ2v) is 8.25. The zero-order valence-corrected chi connectivity index (χ0v) is 16.4. The molecule has 0 radical (unpaired) electrons. The summed E-state index contributed by atoms with van der Waals surface area (Å²) in [5.74, 6) is -0.205. The molecule has 0 saturated carbocycles. The number of nitrogens with zero attached hydrogens (tertiary/aromatic N) is 1. The van der Waals surface area contributed by atoms with Gasteiger partial charge in [-0.3, -0.25) is 14.4 Å². The molecule has 0 aliphatic carbocycles. The average Bonchev–Trinajstić information content (AvgIpc) is 3.29. The molecule has 2 aliphatic heterocycles. The van der Waals surface area contributed by atoms with E-state index < -0.39 is 6.04 Å². The summed E-state index contributed by atoms with van der Waals surface area (Å²) in [5.41, 5.74) is 3.00. The molecule has 6 nitrogen and oxygen atoms in total. The lowest BCUT2D eigenvalue weighted by molar-refractivity contribution is -0.122. The van der Waals surface area contributed by atoms with Gasteiger partial charge in [-0.1, -0.05) is 6.07 Å². The molecular formula is C19H19N3O3S2. The van der Waals surface area contributed by atoms with Gasteiger partial charge in [0.15, 0.2) is 0 Å². The first kappa shape index (κ1) is 18.1. The van der Waals surface area contributed by atoms with Gasteiger partial charge >= 0.3 is 0 Å². The van der Waals surface area contributed by atoms with Crippen molar-refractivity contribution in [2.45, 2.75) is 18.5 Å². The second kappa shape index (κ2) is 7.36. The Labute approximate surface area is 165 Å². The molecule has 140 valence electrons. The van der Waals surface area contributed by atoms with Crippen LogP contribution in [0.15, 0.2) is 35.0 Å². The van der Waals surface area contributed by atoms with Gasteiger partial charge in [0.1, 0.15) is 6.04 Å². The molecule has 1 aromatic carbocycles. The van der Waals surface area contributed by atoms with Gasteiger partial charge in [-0.25, -0.2) is 0 Å². The Hall–Kier alpha value is -2.32. The summed E-state index contributed by atoms with van der Waals surface area (Å²) in [5, 5.41) is 9.80.